The molecule has 2 nitrogen and oxygen atoms in total. The van der Waals surface area contributed by atoms with Gasteiger partial charge in [-0.2, -0.15) is 0 Å². The van der Waals surface area contributed by atoms with Gasteiger partial charge in [0.05, 0.1) is 0 Å². The third kappa shape index (κ3) is 3.99. The third-order valence-electron chi connectivity index (χ3n) is 9.27. The van der Waals surface area contributed by atoms with E-state index in [0.717, 1.165) is 77.3 Å². The van der Waals surface area contributed by atoms with E-state index in [-0.39, 0.29) is 16.6 Å². The van der Waals surface area contributed by atoms with Gasteiger partial charge in [0.1, 0.15) is 28.1 Å². The van der Waals surface area contributed by atoms with Crippen LogP contribution in [0.2, 0.25) is 0 Å². The lowest BCUT2D eigenvalue weighted by atomic mass is 9.80. The average molecular weight is 579 g/mol. The molecule has 6 aromatic carbocycles. The lowest BCUT2D eigenvalue weighted by molar-refractivity contribution is 0.586. The molecule has 0 saturated heterocycles. The van der Waals surface area contributed by atoms with Crippen LogP contribution in [-0.4, -0.2) is 0 Å². The van der Waals surface area contributed by atoms with Gasteiger partial charge >= 0.3 is 0 Å². The van der Waals surface area contributed by atoms with E-state index in [2.05, 4.69) is 109 Å². The topological polar surface area (TPSA) is 26.3 Å². The highest BCUT2D eigenvalue weighted by molar-refractivity contribution is 6.27. The Bertz CT molecular complexity index is 2160. The molecule has 218 valence electrons. The van der Waals surface area contributed by atoms with Crippen molar-refractivity contribution < 1.29 is 13.2 Å². The first kappa shape index (κ1) is 27.0. The second kappa shape index (κ2) is 8.95. The Morgan fingerprint density at radius 1 is 0.500 bits per heavy atom. The zero-order valence-corrected chi connectivity index (χ0v) is 26.3. The van der Waals surface area contributed by atoms with Gasteiger partial charge in [0, 0.05) is 21.9 Å². The summed E-state index contributed by atoms with van der Waals surface area (Å²) in [5.74, 6) is -0.253. The highest BCUT2D eigenvalue weighted by atomic mass is 19.1. The third-order valence-corrected chi connectivity index (χ3v) is 9.27. The maximum Gasteiger partial charge on any atom is 0.136 e. The van der Waals surface area contributed by atoms with Gasteiger partial charge in [-0.05, 0) is 110 Å². The lowest BCUT2D eigenvalue weighted by Gasteiger charge is -2.27. The quantitative estimate of drug-likeness (QED) is 0.151. The number of benzene rings is 6. The number of hydrogen-bond donors (Lipinski definition) is 0. The first-order chi connectivity index (χ1) is 20.9. The summed E-state index contributed by atoms with van der Waals surface area (Å²) in [5.41, 5.74) is 13.1. The van der Waals surface area contributed by atoms with Crippen molar-refractivity contribution >= 4 is 43.9 Å². The van der Waals surface area contributed by atoms with Gasteiger partial charge in [-0.15, -0.1) is 0 Å². The molecule has 2 aliphatic rings. The lowest BCUT2D eigenvalue weighted by Crippen LogP contribution is -2.12. The Hall–Kier alpha value is -4.63. The summed E-state index contributed by atoms with van der Waals surface area (Å²) in [5, 5.41) is 4.37. The summed E-state index contributed by atoms with van der Waals surface area (Å²) in [6.45, 7) is 15.5. The summed E-state index contributed by atoms with van der Waals surface area (Å²) in [6, 6.07) is 28.8. The van der Waals surface area contributed by atoms with Gasteiger partial charge in [0.25, 0.3) is 0 Å². The van der Waals surface area contributed by atoms with Gasteiger partial charge in [-0.3, -0.25) is 0 Å². The number of halogens is 1. The molecule has 0 aromatic heterocycles. The Labute approximate surface area is 256 Å². The summed E-state index contributed by atoms with van der Waals surface area (Å²) in [7, 11) is 0. The van der Waals surface area contributed by atoms with Crippen LogP contribution in [0.5, 0.6) is 0 Å². The molecular formula is C41H35FO2. The second-order valence-corrected chi connectivity index (χ2v) is 14.5. The van der Waals surface area contributed by atoms with Crippen molar-refractivity contribution in [3.05, 3.63) is 107 Å². The molecule has 0 radical (unpaired) electrons. The van der Waals surface area contributed by atoms with Crippen LogP contribution in [0.3, 0.4) is 0 Å². The second-order valence-electron chi connectivity index (χ2n) is 14.5. The number of aryl methyl sites for hydroxylation is 1. The van der Waals surface area contributed by atoms with Crippen molar-refractivity contribution in [2.75, 3.05) is 0 Å². The summed E-state index contributed by atoms with van der Waals surface area (Å²) in [4.78, 5) is 0. The molecule has 0 amide bonds. The normalized spacial score (nSPS) is 13.0. The van der Waals surface area contributed by atoms with E-state index in [9.17, 15) is 4.39 Å². The minimum absolute atomic E-state index is 0.0789. The number of rotatable bonds is 2. The standard InChI is InChI=1S/C41H35FO2/c1-22-8-10-23(11-9-22)28-20-34-38-36-30(28)16-25(40(2,3)4)18-32(36)44-35-21-29(24-12-14-27(42)15-13-24)31-17-26(41(5,6)7)19-33(43-34)37(31)39(35)38/h8-21H,1-7H3. The van der Waals surface area contributed by atoms with E-state index >= 15 is 0 Å². The van der Waals surface area contributed by atoms with Crippen molar-refractivity contribution in [1.82, 2.24) is 0 Å². The van der Waals surface area contributed by atoms with Crippen LogP contribution in [0.15, 0.2) is 93.8 Å². The van der Waals surface area contributed by atoms with Crippen molar-refractivity contribution in [3.8, 4) is 33.4 Å². The van der Waals surface area contributed by atoms with Crippen LogP contribution in [0.4, 0.5) is 4.39 Å². The molecular weight excluding hydrogens is 543 g/mol. The van der Waals surface area contributed by atoms with Crippen LogP contribution in [-0.2, 0) is 10.8 Å². The Balaban J connectivity index is 1.60. The predicted octanol–water partition coefficient (Wildman–Crippen LogP) is 12.4. The van der Waals surface area contributed by atoms with Crippen molar-refractivity contribution in [2.24, 2.45) is 0 Å². The van der Waals surface area contributed by atoms with E-state index < -0.39 is 0 Å². The van der Waals surface area contributed by atoms with E-state index in [0.29, 0.717) is 0 Å². The Kier molecular flexibility index (Phi) is 5.48. The van der Waals surface area contributed by atoms with Crippen LogP contribution in [0.25, 0.3) is 77.3 Å². The highest BCUT2D eigenvalue weighted by Crippen LogP contribution is 2.53. The van der Waals surface area contributed by atoms with Gasteiger partial charge in [-0.25, -0.2) is 4.39 Å². The largest absolute Gasteiger partial charge is 0.456 e. The molecule has 8 rings (SSSR count). The van der Waals surface area contributed by atoms with Gasteiger partial charge in [-0.1, -0.05) is 83.5 Å². The number of hydrogen-bond acceptors (Lipinski definition) is 2. The van der Waals surface area contributed by atoms with Crippen LogP contribution in [0.1, 0.15) is 58.2 Å². The molecule has 0 atom stereocenters. The first-order valence-electron chi connectivity index (χ1n) is 15.4. The minimum Gasteiger partial charge on any atom is -0.456 e. The van der Waals surface area contributed by atoms with Crippen LogP contribution < -0.4 is 0 Å². The molecule has 0 N–H and O–H groups in total. The summed E-state index contributed by atoms with van der Waals surface area (Å²) < 4.78 is 27.9. The van der Waals surface area contributed by atoms with Crippen molar-refractivity contribution in [2.45, 2.75) is 59.3 Å². The van der Waals surface area contributed by atoms with Gasteiger partial charge < -0.3 is 8.83 Å². The average Bonchev–Trinajstić information content (AvgIpc) is 2.97. The van der Waals surface area contributed by atoms with E-state index in [4.69, 9.17) is 8.83 Å². The fraction of sp³-hybridized carbons (Fsp3) is 0.220. The molecule has 0 fully saturated rings. The van der Waals surface area contributed by atoms with E-state index in [1.54, 1.807) is 0 Å². The molecule has 0 aliphatic carbocycles. The van der Waals surface area contributed by atoms with Crippen molar-refractivity contribution in [3.63, 3.8) is 0 Å². The zero-order chi connectivity index (χ0) is 30.7. The molecule has 2 aliphatic heterocycles. The Morgan fingerprint density at radius 2 is 0.909 bits per heavy atom. The molecule has 0 spiro atoms. The minimum atomic E-state index is -0.253. The van der Waals surface area contributed by atoms with Crippen molar-refractivity contribution in [1.29, 1.82) is 0 Å². The van der Waals surface area contributed by atoms with E-state index in [1.165, 1.54) is 28.8 Å². The smallest absolute Gasteiger partial charge is 0.136 e. The molecule has 44 heavy (non-hydrogen) atoms. The molecule has 0 bridgehead atoms. The van der Waals surface area contributed by atoms with Gasteiger partial charge in [0.2, 0.25) is 0 Å². The maximum absolute atomic E-state index is 14.0. The molecule has 6 aromatic rings. The summed E-state index contributed by atoms with van der Waals surface area (Å²) in [6.07, 6.45) is 0. The molecule has 0 saturated carbocycles. The SMILES string of the molecule is Cc1ccc(-c2cc3oc4cc(C(C)(C)C)cc5c(-c6ccc(F)cc6)cc6oc7cc(C(C)(C)C)cc2c7c3-c6c45)cc1. The van der Waals surface area contributed by atoms with Crippen LogP contribution >= 0.6 is 0 Å². The molecule has 2 heterocycles. The first-order valence-corrected chi connectivity index (χ1v) is 15.4. The van der Waals surface area contributed by atoms with E-state index in [1.807, 2.05) is 12.1 Å². The monoisotopic (exact) mass is 578 g/mol. The zero-order valence-electron chi connectivity index (χ0n) is 26.3. The Morgan fingerprint density at radius 3 is 1.32 bits per heavy atom. The molecule has 0 unspecified atom stereocenters. The fourth-order valence-electron chi connectivity index (χ4n) is 6.74. The fourth-order valence-corrected chi connectivity index (χ4v) is 6.74. The van der Waals surface area contributed by atoms with Crippen LogP contribution in [0, 0.1) is 12.7 Å². The van der Waals surface area contributed by atoms with Gasteiger partial charge in [0.15, 0.2) is 0 Å². The maximum atomic E-state index is 14.0. The highest BCUT2D eigenvalue weighted by Gasteiger charge is 2.30. The summed E-state index contributed by atoms with van der Waals surface area (Å²) >= 11 is 0. The molecule has 3 heteroatoms. The predicted molar refractivity (Wildman–Crippen MR) is 182 cm³/mol.